The van der Waals surface area contributed by atoms with Gasteiger partial charge in [0.1, 0.15) is 5.75 Å². The van der Waals surface area contributed by atoms with Gasteiger partial charge in [-0.25, -0.2) is 0 Å². The predicted octanol–water partition coefficient (Wildman–Crippen LogP) is 2.23. The Balaban J connectivity index is 1.91. The fourth-order valence-electron chi connectivity index (χ4n) is 3.52. The lowest BCUT2D eigenvalue weighted by Gasteiger charge is -2.21. The molecule has 0 bridgehead atoms. The summed E-state index contributed by atoms with van der Waals surface area (Å²) in [6.45, 7) is 0.522. The van der Waals surface area contributed by atoms with Gasteiger partial charge in [-0.3, -0.25) is 9.59 Å². The second kappa shape index (κ2) is 6.22. The summed E-state index contributed by atoms with van der Waals surface area (Å²) >= 11 is 0. The Labute approximate surface area is 149 Å². The number of aromatic hydroxyl groups is 1. The normalized spacial score (nSPS) is 21.3. The maximum atomic E-state index is 12.8. The highest BCUT2D eigenvalue weighted by molar-refractivity contribution is 6.04. The first-order chi connectivity index (χ1) is 12.6. The molecule has 1 atom stereocenters. The fraction of sp³-hybridized carbons (Fsp3) is 0.200. The molecule has 1 aliphatic heterocycles. The summed E-state index contributed by atoms with van der Waals surface area (Å²) in [5.41, 5.74) is 3.18. The molecule has 2 heterocycles. The Morgan fingerprint density at radius 1 is 1.27 bits per heavy atom. The average molecular weight is 350 g/mol. The maximum Gasteiger partial charge on any atom is 0.231 e. The van der Waals surface area contributed by atoms with Crippen molar-refractivity contribution in [2.24, 2.45) is 0 Å². The first-order valence-corrected chi connectivity index (χ1v) is 8.38. The van der Waals surface area contributed by atoms with Crippen molar-refractivity contribution in [2.45, 2.75) is 12.3 Å². The number of carbonyl (C=O) groups excluding carboxylic acids is 2. The molecule has 1 aliphatic carbocycles. The van der Waals surface area contributed by atoms with Crippen LogP contribution in [0.1, 0.15) is 17.0 Å². The maximum absolute atomic E-state index is 12.8. The van der Waals surface area contributed by atoms with E-state index in [4.69, 9.17) is 4.74 Å². The zero-order chi connectivity index (χ0) is 18.3. The molecule has 6 nitrogen and oxygen atoms in total. The van der Waals surface area contributed by atoms with Crippen LogP contribution in [0.25, 0.3) is 10.9 Å². The van der Waals surface area contributed by atoms with Crippen LogP contribution in [-0.4, -0.2) is 35.4 Å². The van der Waals surface area contributed by atoms with Gasteiger partial charge >= 0.3 is 0 Å². The summed E-state index contributed by atoms with van der Waals surface area (Å²) in [5.74, 6) is -0.802. The highest BCUT2D eigenvalue weighted by Crippen LogP contribution is 2.38. The van der Waals surface area contributed by atoms with Crippen molar-refractivity contribution in [2.75, 3.05) is 13.7 Å². The topological polar surface area (TPSA) is 91.4 Å². The highest BCUT2D eigenvalue weighted by Gasteiger charge is 2.28. The van der Waals surface area contributed by atoms with Crippen LogP contribution in [0, 0.1) is 0 Å². The van der Waals surface area contributed by atoms with E-state index in [-0.39, 0.29) is 23.2 Å². The second-order valence-corrected chi connectivity index (χ2v) is 6.33. The number of carbonyl (C=O) groups is 2. The predicted molar refractivity (Wildman–Crippen MR) is 96.7 cm³/mol. The summed E-state index contributed by atoms with van der Waals surface area (Å²) in [4.78, 5) is 27.7. The van der Waals surface area contributed by atoms with Gasteiger partial charge in [-0.15, -0.1) is 0 Å². The van der Waals surface area contributed by atoms with Crippen molar-refractivity contribution in [1.29, 1.82) is 0 Å². The van der Waals surface area contributed by atoms with Crippen LogP contribution in [0.3, 0.4) is 0 Å². The molecule has 6 heteroatoms. The van der Waals surface area contributed by atoms with Gasteiger partial charge in [-0.1, -0.05) is 12.2 Å². The molecule has 0 radical (unpaired) electrons. The summed E-state index contributed by atoms with van der Waals surface area (Å²) in [7, 11) is 1.43. The van der Waals surface area contributed by atoms with Crippen LogP contribution in [0.4, 0.5) is 0 Å². The summed E-state index contributed by atoms with van der Waals surface area (Å²) in [6, 6.07) is 3.40. The Hall–Kier alpha value is -3.28. The molecule has 3 N–H and O–H groups in total. The van der Waals surface area contributed by atoms with Gasteiger partial charge in [-0.05, 0) is 41.8 Å². The minimum Gasteiger partial charge on any atom is -0.508 e. The number of methoxy groups -OCH3 is 1. The monoisotopic (exact) mass is 350 g/mol. The first-order valence-electron chi connectivity index (χ1n) is 8.38. The van der Waals surface area contributed by atoms with Crippen LogP contribution in [0.5, 0.6) is 5.75 Å². The van der Waals surface area contributed by atoms with Crippen LogP contribution < -0.4 is 5.32 Å². The van der Waals surface area contributed by atoms with Crippen LogP contribution >= 0.6 is 0 Å². The molecule has 26 heavy (non-hydrogen) atoms. The third-order valence-electron chi connectivity index (χ3n) is 4.78. The number of aromatic nitrogens is 1. The fourth-order valence-corrected chi connectivity index (χ4v) is 3.52. The molecule has 1 aromatic heterocycles. The minimum atomic E-state index is -0.684. The number of benzene rings is 1. The smallest absolute Gasteiger partial charge is 0.231 e. The number of phenols is 1. The van der Waals surface area contributed by atoms with E-state index >= 15 is 0 Å². The molecule has 1 aromatic carbocycles. The van der Waals surface area contributed by atoms with Crippen molar-refractivity contribution < 1.29 is 19.4 Å². The summed E-state index contributed by atoms with van der Waals surface area (Å²) in [6.07, 6.45) is 9.00. The van der Waals surface area contributed by atoms with Crippen molar-refractivity contribution in [3.8, 4) is 5.75 Å². The third kappa shape index (κ3) is 2.60. The van der Waals surface area contributed by atoms with E-state index in [0.29, 0.717) is 24.1 Å². The zero-order valence-corrected chi connectivity index (χ0v) is 14.2. The van der Waals surface area contributed by atoms with Crippen LogP contribution in [0.2, 0.25) is 0 Å². The molecule has 0 saturated carbocycles. The lowest BCUT2D eigenvalue weighted by molar-refractivity contribution is -0.121. The number of ketones is 1. The van der Waals surface area contributed by atoms with Crippen LogP contribution in [-0.2, 0) is 20.7 Å². The van der Waals surface area contributed by atoms with Crippen molar-refractivity contribution >= 4 is 22.6 Å². The number of phenolic OH excluding ortho intramolecular Hbond substituents is 1. The van der Waals surface area contributed by atoms with Crippen molar-refractivity contribution in [3.63, 3.8) is 0 Å². The number of aromatic amines is 1. The van der Waals surface area contributed by atoms with E-state index < -0.39 is 5.92 Å². The quantitative estimate of drug-likeness (QED) is 0.774. The van der Waals surface area contributed by atoms with Gasteiger partial charge in [0.15, 0.2) is 5.76 Å². The molecule has 4 rings (SSSR count). The lowest BCUT2D eigenvalue weighted by atomic mass is 9.88. The van der Waals surface area contributed by atoms with Gasteiger partial charge < -0.3 is 20.1 Å². The second-order valence-electron chi connectivity index (χ2n) is 6.33. The first kappa shape index (κ1) is 16.2. The molecule has 1 amide bonds. The highest BCUT2D eigenvalue weighted by atomic mass is 16.5. The van der Waals surface area contributed by atoms with Gasteiger partial charge in [0, 0.05) is 29.2 Å². The van der Waals surface area contributed by atoms with E-state index in [1.165, 1.54) is 13.2 Å². The van der Waals surface area contributed by atoms with E-state index in [2.05, 4.69) is 10.3 Å². The molecule has 0 saturated heterocycles. The Morgan fingerprint density at radius 3 is 2.92 bits per heavy atom. The number of hydrogen-bond acceptors (Lipinski definition) is 4. The summed E-state index contributed by atoms with van der Waals surface area (Å²) < 4.78 is 5.08. The number of amides is 1. The van der Waals surface area contributed by atoms with Gasteiger partial charge in [0.2, 0.25) is 11.7 Å². The third-order valence-corrected chi connectivity index (χ3v) is 4.78. The van der Waals surface area contributed by atoms with E-state index in [9.17, 15) is 14.7 Å². The number of hydrogen-bond donors (Lipinski definition) is 3. The largest absolute Gasteiger partial charge is 0.508 e. The molecule has 2 aromatic rings. The van der Waals surface area contributed by atoms with Crippen molar-refractivity contribution in [1.82, 2.24) is 10.3 Å². The molecule has 132 valence electrons. The van der Waals surface area contributed by atoms with Crippen molar-refractivity contribution in [3.05, 3.63) is 65.1 Å². The molecular weight excluding hydrogens is 332 g/mol. The Morgan fingerprint density at radius 2 is 2.12 bits per heavy atom. The number of H-pyrrole nitrogens is 1. The van der Waals surface area contributed by atoms with E-state index in [1.807, 2.05) is 12.3 Å². The molecule has 0 unspecified atom stereocenters. The van der Waals surface area contributed by atoms with Gasteiger partial charge in [-0.2, -0.15) is 0 Å². The minimum absolute atomic E-state index is 0.0732. The zero-order valence-electron chi connectivity index (χ0n) is 14.2. The molecule has 0 spiro atoms. The number of allylic oxidation sites excluding steroid dienone is 4. The SMILES string of the molecule is COC1=C/C(=C/[C@@H]2C(=O)NCCc3c[nH]c4ccc(O)c2c34)C=CC1=O. The average Bonchev–Trinajstić information content (AvgIpc) is 3.03. The van der Waals surface area contributed by atoms with E-state index in [0.717, 1.165) is 16.5 Å². The molecule has 2 aliphatic rings. The van der Waals surface area contributed by atoms with E-state index in [1.54, 1.807) is 24.3 Å². The Kier molecular flexibility index (Phi) is 3.88. The number of nitrogens with one attached hydrogen (secondary N) is 2. The molecule has 0 fully saturated rings. The van der Waals surface area contributed by atoms with Gasteiger partial charge in [0.05, 0.1) is 13.0 Å². The van der Waals surface area contributed by atoms with Gasteiger partial charge in [0.25, 0.3) is 0 Å². The standard InChI is InChI=1S/C20H18N2O4/c1-26-17-9-11(2-4-15(17)23)8-13-19-16(24)5-3-14-18(19)12(10-22-14)6-7-21-20(13)25/h2-5,8-10,13,22,24H,6-7H2,1H3,(H,21,25)/b11-8+/t13-/m0/s1. The lowest BCUT2D eigenvalue weighted by Crippen LogP contribution is -2.32. The Bertz CT molecular complexity index is 1010. The summed E-state index contributed by atoms with van der Waals surface area (Å²) in [5, 5.41) is 14.3. The van der Waals surface area contributed by atoms with Crippen LogP contribution in [0.15, 0.2) is 54.0 Å². The number of rotatable bonds is 2. The molecular formula is C20H18N2O4. The number of ether oxygens (including phenoxy) is 1.